The van der Waals surface area contributed by atoms with Gasteiger partial charge >= 0.3 is 0 Å². The minimum absolute atomic E-state index is 0.607. The Bertz CT molecular complexity index is 242. The third-order valence-corrected chi connectivity index (χ3v) is 2.16. The number of nitrogen functional groups attached to an aromatic ring is 1. The summed E-state index contributed by atoms with van der Waals surface area (Å²) in [5.41, 5.74) is 5.52. The normalized spacial score (nSPS) is 10.9. The van der Waals surface area contributed by atoms with Crippen molar-refractivity contribution in [1.29, 1.82) is 0 Å². The average molecular weight is 265 g/mol. The van der Waals surface area contributed by atoms with Crippen molar-refractivity contribution in [3.05, 3.63) is 9.77 Å². The van der Waals surface area contributed by atoms with Crippen LogP contribution in [0.2, 0.25) is 0 Å². The van der Waals surface area contributed by atoms with E-state index >= 15 is 0 Å². The standard InChI is InChI=1S/C7H12IN3/c1-5(2)4-11-6(8)3-7(9)10-11/h3,5H,4H2,1-2H3,(H2,9,10). The SMILES string of the molecule is CC(C)Cn1nc(N)cc1I. The minimum Gasteiger partial charge on any atom is -0.382 e. The summed E-state index contributed by atoms with van der Waals surface area (Å²) in [5.74, 6) is 1.22. The molecule has 0 aromatic carbocycles. The molecule has 1 heterocycles. The molecule has 4 heteroatoms. The van der Waals surface area contributed by atoms with E-state index in [1.54, 1.807) is 0 Å². The number of anilines is 1. The van der Waals surface area contributed by atoms with Crippen LogP contribution >= 0.6 is 22.6 Å². The summed E-state index contributed by atoms with van der Waals surface area (Å²) in [4.78, 5) is 0. The second-order valence-corrected chi connectivity index (χ2v) is 4.07. The fourth-order valence-electron chi connectivity index (χ4n) is 0.886. The van der Waals surface area contributed by atoms with Crippen LogP contribution in [0.25, 0.3) is 0 Å². The predicted octanol–water partition coefficient (Wildman–Crippen LogP) is 1.73. The number of nitrogens with zero attached hydrogens (tertiary/aromatic N) is 2. The first-order valence-corrected chi connectivity index (χ1v) is 4.66. The van der Waals surface area contributed by atoms with E-state index in [0.29, 0.717) is 11.7 Å². The van der Waals surface area contributed by atoms with Gasteiger partial charge in [0.05, 0.1) is 0 Å². The van der Waals surface area contributed by atoms with Crippen LogP contribution in [-0.4, -0.2) is 9.78 Å². The smallest absolute Gasteiger partial charge is 0.146 e. The van der Waals surface area contributed by atoms with E-state index in [9.17, 15) is 0 Å². The average Bonchev–Trinajstić information content (AvgIpc) is 2.09. The van der Waals surface area contributed by atoms with Crippen LogP contribution in [0.5, 0.6) is 0 Å². The van der Waals surface area contributed by atoms with Crippen LogP contribution in [0.1, 0.15) is 13.8 Å². The predicted molar refractivity (Wildman–Crippen MR) is 54.2 cm³/mol. The van der Waals surface area contributed by atoms with Crippen molar-refractivity contribution in [3.8, 4) is 0 Å². The number of aromatic nitrogens is 2. The second kappa shape index (κ2) is 3.42. The second-order valence-electron chi connectivity index (χ2n) is 2.97. The first-order chi connectivity index (χ1) is 5.09. The van der Waals surface area contributed by atoms with Gasteiger partial charge in [0.15, 0.2) is 0 Å². The maximum absolute atomic E-state index is 5.52. The Hall–Kier alpha value is -0.260. The van der Waals surface area contributed by atoms with Crippen molar-refractivity contribution < 1.29 is 0 Å². The Morgan fingerprint density at radius 1 is 1.73 bits per heavy atom. The monoisotopic (exact) mass is 265 g/mol. The third kappa shape index (κ3) is 2.36. The maximum Gasteiger partial charge on any atom is 0.146 e. The zero-order valence-electron chi connectivity index (χ0n) is 6.71. The van der Waals surface area contributed by atoms with E-state index < -0.39 is 0 Å². The number of hydrogen-bond donors (Lipinski definition) is 1. The fourth-order valence-corrected chi connectivity index (χ4v) is 1.51. The van der Waals surface area contributed by atoms with Gasteiger partial charge in [-0.1, -0.05) is 13.8 Å². The molecule has 62 valence electrons. The molecule has 2 N–H and O–H groups in total. The van der Waals surface area contributed by atoms with Gasteiger partial charge in [0.25, 0.3) is 0 Å². The van der Waals surface area contributed by atoms with E-state index in [1.165, 1.54) is 0 Å². The molecular formula is C7H12IN3. The van der Waals surface area contributed by atoms with Crippen LogP contribution in [0.4, 0.5) is 5.82 Å². The molecule has 0 aliphatic rings. The van der Waals surface area contributed by atoms with Crippen molar-refractivity contribution in [2.24, 2.45) is 5.92 Å². The summed E-state index contributed by atoms with van der Waals surface area (Å²) in [5, 5.41) is 4.14. The van der Waals surface area contributed by atoms with Crippen molar-refractivity contribution in [3.63, 3.8) is 0 Å². The molecule has 0 aliphatic heterocycles. The molecule has 0 radical (unpaired) electrons. The van der Waals surface area contributed by atoms with E-state index in [1.807, 2.05) is 10.7 Å². The number of halogens is 1. The summed E-state index contributed by atoms with van der Waals surface area (Å²) in [6.07, 6.45) is 0. The van der Waals surface area contributed by atoms with E-state index in [0.717, 1.165) is 10.2 Å². The van der Waals surface area contributed by atoms with Gasteiger partial charge in [-0.3, -0.25) is 4.68 Å². The van der Waals surface area contributed by atoms with E-state index in [-0.39, 0.29) is 0 Å². The van der Waals surface area contributed by atoms with Crippen molar-refractivity contribution in [2.75, 3.05) is 5.73 Å². The Labute approximate surface area is 80.1 Å². The minimum atomic E-state index is 0.607. The first kappa shape index (κ1) is 8.83. The Kier molecular flexibility index (Phi) is 2.75. The van der Waals surface area contributed by atoms with Gasteiger partial charge < -0.3 is 5.73 Å². The molecule has 1 aromatic heterocycles. The van der Waals surface area contributed by atoms with Crippen LogP contribution < -0.4 is 5.73 Å². The quantitative estimate of drug-likeness (QED) is 0.827. The molecular weight excluding hydrogens is 253 g/mol. The molecule has 11 heavy (non-hydrogen) atoms. The third-order valence-electron chi connectivity index (χ3n) is 1.29. The van der Waals surface area contributed by atoms with Gasteiger partial charge in [0.1, 0.15) is 9.52 Å². The molecule has 0 spiro atoms. The summed E-state index contributed by atoms with van der Waals surface area (Å²) >= 11 is 2.24. The maximum atomic E-state index is 5.52. The van der Waals surface area contributed by atoms with Gasteiger partial charge in [0.2, 0.25) is 0 Å². The first-order valence-electron chi connectivity index (χ1n) is 3.58. The highest BCUT2D eigenvalue weighted by molar-refractivity contribution is 14.1. The molecule has 1 aromatic rings. The summed E-state index contributed by atoms with van der Waals surface area (Å²) in [7, 11) is 0. The summed E-state index contributed by atoms with van der Waals surface area (Å²) in [6, 6.07) is 1.88. The zero-order chi connectivity index (χ0) is 8.43. The summed E-state index contributed by atoms with van der Waals surface area (Å²) in [6.45, 7) is 5.26. The highest BCUT2D eigenvalue weighted by Crippen LogP contribution is 2.10. The lowest BCUT2D eigenvalue weighted by Gasteiger charge is -2.05. The van der Waals surface area contributed by atoms with Crippen molar-refractivity contribution in [1.82, 2.24) is 9.78 Å². The van der Waals surface area contributed by atoms with Gasteiger partial charge in [-0.05, 0) is 28.5 Å². The van der Waals surface area contributed by atoms with Crippen molar-refractivity contribution >= 4 is 28.4 Å². The molecule has 0 aliphatic carbocycles. The topological polar surface area (TPSA) is 43.8 Å². The number of nitrogens with two attached hydrogens (primary N) is 1. The van der Waals surface area contributed by atoms with Crippen LogP contribution in [0, 0.1) is 9.62 Å². The molecule has 0 bridgehead atoms. The molecule has 1 rings (SSSR count). The van der Waals surface area contributed by atoms with E-state index in [2.05, 4.69) is 41.5 Å². The highest BCUT2D eigenvalue weighted by Gasteiger charge is 2.03. The molecule has 0 saturated heterocycles. The van der Waals surface area contributed by atoms with Crippen LogP contribution in [-0.2, 0) is 6.54 Å². The molecule has 0 unspecified atom stereocenters. The van der Waals surface area contributed by atoms with Gasteiger partial charge in [-0.15, -0.1) is 0 Å². The van der Waals surface area contributed by atoms with Crippen LogP contribution in [0.3, 0.4) is 0 Å². The molecule has 0 atom stereocenters. The van der Waals surface area contributed by atoms with Crippen LogP contribution in [0.15, 0.2) is 6.07 Å². The number of rotatable bonds is 2. The number of hydrogen-bond acceptors (Lipinski definition) is 2. The molecule has 0 saturated carbocycles. The summed E-state index contributed by atoms with van der Waals surface area (Å²) < 4.78 is 3.04. The Morgan fingerprint density at radius 2 is 2.36 bits per heavy atom. The molecule has 3 nitrogen and oxygen atoms in total. The lowest BCUT2D eigenvalue weighted by atomic mass is 10.2. The highest BCUT2D eigenvalue weighted by atomic mass is 127. The van der Waals surface area contributed by atoms with E-state index in [4.69, 9.17) is 5.73 Å². The van der Waals surface area contributed by atoms with Gasteiger partial charge in [-0.25, -0.2) is 0 Å². The Balaban J connectivity index is 2.77. The largest absolute Gasteiger partial charge is 0.382 e. The molecule has 0 fully saturated rings. The fraction of sp³-hybridized carbons (Fsp3) is 0.571. The Morgan fingerprint density at radius 3 is 2.73 bits per heavy atom. The van der Waals surface area contributed by atoms with Gasteiger partial charge in [0, 0.05) is 12.6 Å². The van der Waals surface area contributed by atoms with Gasteiger partial charge in [-0.2, -0.15) is 5.10 Å². The van der Waals surface area contributed by atoms with Crippen molar-refractivity contribution in [2.45, 2.75) is 20.4 Å². The molecule has 0 amide bonds. The zero-order valence-corrected chi connectivity index (χ0v) is 8.87. The lowest BCUT2D eigenvalue weighted by Crippen LogP contribution is -2.07. The lowest BCUT2D eigenvalue weighted by molar-refractivity contribution is 0.476.